The predicted octanol–water partition coefficient (Wildman–Crippen LogP) is 6.00. The number of amides is 2. The van der Waals surface area contributed by atoms with E-state index in [-0.39, 0.29) is 70.1 Å². The number of nitrogens with one attached hydrogen (secondary N) is 1. The smallest absolute Gasteiger partial charge is 0.226 e. The number of rotatable bonds is 18. The molecule has 4 atom stereocenters. The average Bonchev–Trinajstić information content (AvgIpc) is 3.26. The van der Waals surface area contributed by atoms with Gasteiger partial charge in [-0.25, -0.2) is 0 Å². The van der Waals surface area contributed by atoms with Crippen molar-refractivity contribution in [1.82, 2.24) is 10.2 Å². The van der Waals surface area contributed by atoms with E-state index in [0.29, 0.717) is 33.8 Å². The minimum absolute atomic E-state index is 0.121. The van der Waals surface area contributed by atoms with Gasteiger partial charge in [0.15, 0.2) is 17.3 Å². The van der Waals surface area contributed by atoms with Crippen LogP contribution in [0.1, 0.15) is 86.0 Å². The topological polar surface area (TPSA) is 197 Å². The van der Waals surface area contributed by atoms with Crippen LogP contribution in [-0.2, 0) is 32.0 Å². The SMILES string of the molecule is CCCCc1ccc(-c2ccc(C(=O)C[C@@H](CCN)C(=O)N(C)[C@@H]3C(=O)C[C@@H](C)C(=O)N[C@H](C(C)=O)Cc4ccc(OCCN)c(c4)-c4cc3ccc4OCCN)cc2)cc1. The van der Waals surface area contributed by atoms with Gasteiger partial charge in [0.05, 0.1) is 6.04 Å². The number of benzene rings is 4. The molecule has 1 heterocycles. The molecule has 12 nitrogen and oxygen atoms in total. The van der Waals surface area contributed by atoms with Crippen LogP contribution in [0.15, 0.2) is 84.9 Å². The van der Waals surface area contributed by atoms with Crippen LogP contribution in [0, 0.1) is 11.8 Å². The number of aryl methyl sites for hydroxylation is 1. The van der Waals surface area contributed by atoms with Gasteiger partial charge in [-0.1, -0.05) is 80.9 Å². The fraction of sp³-hybridized carbons (Fsp3) is 0.408. The highest BCUT2D eigenvalue weighted by molar-refractivity contribution is 6.00. The zero-order valence-electron chi connectivity index (χ0n) is 35.9. The normalized spacial score (nSPS) is 17.1. The fourth-order valence-corrected chi connectivity index (χ4v) is 7.77. The van der Waals surface area contributed by atoms with E-state index in [1.54, 1.807) is 43.3 Å². The molecule has 5 rings (SSSR count). The molecule has 0 spiro atoms. The van der Waals surface area contributed by atoms with E-state index in [0.717, 1.165) is 36.0 Å². The summed E-state index contributed by atoms with van der Waals surface area (Å²) in [5.41, 5.74) is 23.9. The zero-order chi connectivity index (χ0) is 44.1. The van der Waals surface area contributed by atoms with Crippen LogP contribution in [0.4, 0.5) is 0 Å². The number of hydrogen-bond donors (Lipinski definition) is 4. The predicted molar refractivity (Wildman–Crippen MR) is 238 cm³/mol. The van der Waals surface area contributed by atoms with Crippen molar-refractivity contribution in [2.45, 2.75) is 77.8 Å². The Morgan fingerprint density at radius 1 is 0.803 bits per heavy atom. The summed E-state index contributed by atoms with van der Waals surface area (Å²) in [5, 5.41) is 2.85. The van der Waals surface area contributed by atoms with Crippen molar-refractivity contribution in [3.05, 3.63) is 107 Å². The molecular weight excluding hydrogens is 771 g/mol. The van der Waals surface area contributed by atoms with Crippen molar-refractivity contribution in [3.8, 4) is 33.8 Å². The molecule has 12 heteroatoms. The molecule has 1 aliphatic rings. The number of likely N-dealkylation sites (N-methyl/N-ethyl adjacent to an activating group) is 1. The minimum Gasteiger partial charge on any atom is -0.492 e. The van der Waals surface area contributed by atoms with Crippen LogP contribution in [0.2, 0.25) is 0 Å². The number of nitrogens with zero attached hydrogens (tertiary/aromatic N) is 1. The van der Waals surface area contributed by atoms with Crippen LogP contribution in [0.3, 0.4) is 0 Å². The second-order valence-electron chi connectivity index (χ2n) is 15.9. The maximum atomic E-state index is 14.6. The third kappa shape index (κ3) is 12.0. The third-order valence-corrected chi connectivity index (χ3v) is 11.3. The number of carbonyl (C=O) groups is 5. The molecule has 0 aliphatic carbocycles. The van der Waals surface area contributed by atoms with Crippen molar-refractivity contribution >= 4 is 29.2 Å². The van der Waals surface area contributed by atoms with Gasteiger partial charge in [-0.3, -0.25) is 24.0 Å². The second kappa shape index (κ2) is 22.2. The van der Waals surface area contributed by atoms with Gasteiger partial charge in [0.25, 0.3) is 0 Å². The van der Waals surface area contributed by atoms with E-state index < -0.39 is 41.5 Å². The van der Waals surface area contributed by atoms with E-state index in [2.05, 4.69) is 36.5 Å². The molecule has 0 radical (unpaired) electrons. The summed E-state index contributed by atoms with van der Waals surface area (Å²) in [6.45, 7) is 6.25. The van der Waals surface area contributed by atoms with Crippen molar-refractivity contribution in [2.24, 2.45) is 29.0 Å². The Kier molecular flexibility index (Phi) is 16.9. The van der Waals surface area contributed by atoms with E-state index in [1.165, 1.54) is 24.4 Å². The van der Waals surface area contributed by atoms with Gasteiger partial charge in [0.1, 0.15) is 30.8 Å². The van der Waals surface area contributed by atoms with Gasteiger partial charge in [0, 0.05) is 61.5 Å². The van der Waals surface area contributed by atoms with E-state index in [4.69, 9.17) is 26.7 Å². The Morgan fingerprint density at radius 2 is 1.41 bits per heavy atom. The summed E-state index contributed by atoms with van der Waals surface area (Å²) in [5.74, 6) is -2.51. The van der Waals surface area contributed by atoms with Gasteiger partial charge in [-0.05, 0) is 91.2 Å². The lowest BCUT2D eigenvalue weighted by molar-refractivity contribution is -0.142. The highest BCUT2D eigenvalue weighted by atomic mass is 16.5. The molecule has 0 saturated carbocycles. The standard InChI is InChI=1S/C49H61N5O7/c1-5-6-7-33-8-11-35(12-9-33)36-13-15-37(16-14-36)43(56)30-39(20-21-50)49(59)54(4)47-38-17-19-46(61-25-23-52)41(29-38)40-27-34(10-18-45(40)60-24-22-51)28-42(32(3)55)53-48(58)31(2)26-44(47)57/h8-19,27,29,31,39,42,47H,5-7,20-26,28,30,50-52H2,1-4H3,(H,53,58)/t31-,39-,42+,47+/m1/s1. The maximum absolute atomic E-state index is 14.6. The summed E-state index contributed by atoms with van der Waals surface area (Å²) in [6, 6.07) is 24.5. The van der Waals surface area contributed by atoms with Gasteiger partial charge < -0.3 is 36.9 Å². The molecule has 0 fully saturated rings. The first-order chi connectivity index (χ1) is 29.4. The molecule has 0 aromatic heterocycles. The average molecular weight is 832 g/mol. The molecule has 4 bridgehead atoms. The third-order valence-electron chi connectivity index (χ3n) is 11.3. The van der Waals surface area contributed by atoms with E-state index in [1.807, 2.05) is 24.3 Å². The fourth-order valence-electron chi connectivity index (χ4n) is 7.77. The van der Waals surface area contributed by atoms with Crippen LogP contribution in [0.25, 0.3) is 22.3 Å². The lowest BCUT2D eigenvalue weighted by Crippen LogP contribution is -2.45. The molecule has 7 N–H and O–H groups in total. The number of carbonyl (C=O) groups excluding carboxylic acids is 5. The summed E-state index contributed by atoms with van der Waals surface area (Å²) >= 11 is 0. The van der Waals surface area contributed by atoms with E-state index in [9.17, 15) is 24.0 Å². The minimum atomic E-state index is -1.17. The quantitative estimate of drug-likeness (QED) is 0.0864. The number of fused-ring (bicyclic) bond motifs is 5. The largest absolute Gasteiger partial charge is 0.492 e. The first kappa shape index (κ1) is 46.4. The number of Topliss-reactive ketones (excluding diaryl/α,β-unsaturated/α-hetero) is 3. The van der Waals surface area contributed by atoms with Crippen LogP contribution in [-0.4, -0.2) is 80.0 Å². The lowest BCUT2D eigenvalue weighted by Gasteiger charge is -2.32. The van der Waals surface area contributed by atoms with Crippen molar-refractivity contribution < 1.29 is 33.4 Å². The molecule has 1 aliphatic heterocycles. The van der Waals surface area contributed by atoms with Crippen molar-refractivity contribution in [3.63, 3.8) is 0 Å². The Balaban J connectivity index is 1.51. The Hall–Kier alpha value is -5.69. The lowest BCUT2D eigenvalue weighted by atomic mass is 9.88. The van der Waals surface area contributed by atoms with E-state index >= 15 is 0 Å². The molecule has 324 valence electrons. The molecule has 2 amide bonds. The monoisotopic (exact) mass is 831 g/mol. The molecular formula is C49H61N5O7. The van der Waals surface area contributed by atoms with Crippen molar-refractivity contribution in [2.75, 3.05) is 39.9 Å². The van der Waals surface area contributed by atoms with Gasteiger partial charge in [-0.15, -0.1) is 0 Å². The number of nitrogens with two attached hydrogens (primary N) is 3. The maximum Gasteiger partial charge on any atom is 0.226 e. The summed E-state index contributed by atoms with van der Waals surface area (Å²) in [4.78, 5) is 70.8. The Morgan fingerprint density at radius 3 is 2.00 bits per heavy atom. The molecule has 4 aromatic rings. The van der Waals surface area contributed by atoms with Gasteiger partial charge in [-0.2, -0.15) is 0 Å². The van der Waals surface area contributed by atoms with Crippen LogP contribution in [0.5, 0.6) is 11.5 Å². The van der Waals surface area contributed by atoms with Crippen LogP contribution >= 0.6 is 0 Å². The Labute approximate surface area is 359 Å². The first-order valence-electron chi connectivity index (χ1n) is 21.3. The highest BCUT2D eigenvalue weighted by Gasteiger charge is 2.36. The van der Waals surface area contributed by atoms with Crippen molar-refractivity contribution in [1.29, 1.82) is 0 Å². The summed E-state index contributed by atoms with van der Waals surface area (Å²) < 4.78 is 12.2. The van der Waals surface area contributed by atoms with Gasteiger partial charge >= 0.3 is 0 Å². The van der Waals surface area contributed by atoms with Gasteiger partial charge in [0.2, 0.25) is 11.8 Å². The molecule has 0 unspecified atom stereocenters. The highest BCUT2D eigenvalue weighted by Crippen LogP contribution is 2.41. The number of hydrogen-bond acceptors (Lipinski definition) is 10. The Bertz CT molecular complexity index is 2150. The first-order valence-corrected chi connectivity index (χ1v) is 21.3. The molecule has 4 aromatic carbocycles. The second-order valence-corrected chi connectivity index (χ2v) is 15.9. The molecule has 0 saturated heterocycles. The number of unbranched alkanes of at least 4 members (excludes halogenated alkanes) is 1. The van der Waals surface area contributed by atoms with Crippen LogP contribution < -0.4 is 32.0 Å². The summed E-state index contributed by atoms with van der Waals surface area (Å²) in [7, 11) is 1.54. The number of ketones is 3. The zero-order valence-corrected chi connectivity index (χ0v) is 35.9. The summed E-state index contributed by atoms with van der Waals surface area (Å²) in [6.07, 6.45) is 3.36. The molecule has 61 heavy (non-hydrogen) atoms. The number of ether oxygens (including phenoxy) is 2.